The summed E-state index contributed by atoms with van der Waals surface area (Å²) in [6.45, 7) is 0. The van der Waals surface area contributed by atoms with Gasteiger partial charge in [0.25, 0.3) is 0 Å². The SMILES string of the molecule is Oc1ccc(C(=C(Cl)Cl)c2ccc(O)c(N=Nc3nc4ccccc4s3)c2)cc1N=Nc1nc2ccccc2s1. The van der Waals surface area contributed by atoms with Crippen molar-refractivity contribution < 1.29 is 10.2 Å². The van der Waals surface area contributed by atoms with E-state index >= 15 is 0 Å². The van der Waals surface area contributed by atoms with Gasteiger partial charge >= 0.3 is 0 Å². The third-order valence-electron chi connectivity index (χ3n) is 5.77. The maximum absolute atomic E-state index is 10.4. The van der Waals surface area contributed by atoms with Gasteiger partial charge in [-0.3, -0.25) is 0 Å². The van der Waals surface area contributed by atoms with Crippen molar-refractivity contribution in [3.05, 3.63) is 101 Å². The minimum atomic E-state index is -0.0744. The van der Waals surface area contributed by atoms with Crippen LogP contribution in [0.2, 0.25) is 0 Å². The number of hydrogen-bond acceptors (Lipinski definition) is 10. The first-order valence-electron chi connectivity index (χ1n) is 11.7. The van der Waals surface area contributed by atoms with Gasteiger partial charge in [0.1, 0.15) is 27.4 Å². The molecule has 4 aromatic carbocycles. The Morgan fingerprint density at radius 1 is 0.600 bits per heavy atom. The molecule has 6 rings (SSSR count). The number of phenols is 2. The van der Waals surface area contributed by atoms with Crippen molar-refractivity contribution in [2.75, 3.05) is 0 Å². The molecule has 0 aliphatic heterocycles. The number of halogens is 2. The summed E-state index contributed by atoms with van der Waals surface area (Å²) in [6, 6.07) is 24.8. The summed E-state index contributed by atoms with van der Waals surface area (Å²) in [5.74, 6) is -0.149. The molecule has 0 unspecified atom stereocenters. The number of benzene rings is 4. The van der Waals surface area contributed by atoms with Gasteiger partial charge in [0, 0.05) is 5.57 Å². The fourth-order valence-corrected chi connectivity index (χ4v) is 5.91. The lowest BCUT2D eigenvalue weighted by atomic mass is 9.98. The second-order valence-corrected chi connectivity index (χ2v) is 11.3. The highest BCUT2D eigenvalue weighted by Crippen LogP contribution is 2.40. The third-order valence-corrected chi connectivity index (χ3v) is 7.99. The topological polar surface area (TPSA) is 116 Å². The molecule has 0 spiro atoms. The largest absolute Gasteiger partial charge is 0.506 e. The molecule has 0 aliphatic rings. The van der Waals surface area contributed by atoms with Crippen LogP contribution in [0.5, 0.6) is 11.5 Å². The predicted octanol–water partition coefficient (Wildman–Crippen LogP) is 10.3. The lowest BCUT2D eigenvalue weighted by molar-refractivity contribution is 0.476. The Morgan fingerprint density at radius 3 is 1.48 bits per heavy atom. The third kappa shape index (κ3) is 5.43. The van der Waals surface area contributed by atoms with E-state index in [4.69, 9.17) is 23.2 Å². The van der Waals surface area contributed by atoms with Crippen molar-refractivity contribution in [3.8, 4) is 11.5 Å². The Labute approximate surface area is 245 Å². The Hall–Kier alpha value is -4.22. The average Bonchev–Trinajstić information content (AvgIpc) is 3.56. The zero-order chi connectivity index (χ0) is 27.6. The summed E-state index contributed by atoms with van der Waals surface area (Å²) in [5, 5.41) is 38.6. The van der Waals surface area contributed by atoms with Crippen molar-refractivity contribution in [1.82, 2.24) is 9.97 Å². The number of azo groups is 2. The van der Waals surface area contributed by atoms with Gasteiger partial charge in [-0.15, -0.1) is 20.5 Å². The highest BCUT2D eigenvalue weighted by atomic mass is 35.5. The molecule has 0 atom stereocenters. The van der Waals surface area contributed by atoms with E-state index in [2.05, 4.69) is 30.4 Å². The molecule has 2 N–H and O–H groups in total. The Morgan fingerprint density at radius 2 is 1.05 bits per heavy atom. The summed E-state index contributed by atoms with van der Waals surface area (Å²) in [7, 11) is 0. The fourth-order valence-electron chi connectivity index (χ4n) is 3.90. The van der Waals surface area contributed by atoms with Gasteiger partial charge in [0.2, 0.25) is 10.3 Å². The number of phenolic OH excluding ortho intramolecular Hbond substituents is 2. The smallest absolute Gasteiger partial charge is 0.231 e. The van der Waals surface area contributed by atoms with Crippen molar-refractivity contribution in [2.45, 2.75) is 0 Å². The highest BCUT2D eigenvalue weighted by Gasteiger charge is 2.15. The fraction of sp³-hybridized carbons (Fsp3) is 0. The first-order valence-corrected chi connectivity index (χ1v) is 14.1. The first-order chi connectivity index (χ1) is 19.4. The molecular weight excluding hydrogens is 587 g/mol. The minimum absolute atomic E-state index is 0.0282. The van der Waals surface area contributed by atoms with Crippen molar-refractivity contribution >= 4 is 93.5 Å². The molecule has 0 amide bonds. The monoisotopic (exact) mass is 602 g/mol. The summed E-state index contributed by atoms with van der Waals surface area (Å²) in [6.07, 6.45) is 0. The van der Waals surface area contributed by atoms with Gasteiger partial charge < -0.3 is 10.2 Å². The van der Waals surface area contributed by atoms with Crippen LogP contribution in [0.25, 0.3) is 26.0 Å². The van der Waals surface area contributed by atoms with Crippen LogP contribution >= 0.6 is 45.9 Å². The second kappa shape index (κ2) is 11.1. The molecule has 2 heterocycles. The molecule has 2 aromatic heterocycles. The molecule has 0 bridgehead atoms. The first kappa shape index (κ1) is 26.0. The predicted molar refractivity (Wildman–Crippen MR) is 162 cm³/mol. The van der Waals surface area contributed by atoms with E-state index in [-0.39, 0.29) is 27.4 Å². The van der Waals surface area contributed by atoms with E-state index in [1.807, 2.05) is 48.5 Å². The maximum atomic E-state index is 10.4. The standard InChI is InChI=1S/C28H16Cl2N6O2S2/c29-26(30)25(15-9-11-21(37)19(13-15)33-35-27-31-17-5-1-3-7-23(17)39-27)16-10-12-22(38)20(14-16)34-36-28-32-18-6-2-4-8-24(18)40-28/h1-14,37-38H. The van der Waals surface area contributed by atoms with Crippen LogP contribution in [-0.4, -0.2) is 20.2 Å². The van der Waals surface area contributed by atoms with E-state index in [1.165, 1.54) is 34.8 Å². The lowest BCUT2D eigenvalue weighted by Crippen LogP contribution is -1.89. The van der Waals surface area contributed by atoms with Gasteiger partial charge in [0.05, 0.1) is 20.4 Å². The number of hydrogen-bond donors (Lipinski definition) is 2. The normalized spacial score (nSPS) is 11.8. The quantitative estimate of drug-likeness (QED) is 0.184. The molecule has 8 nitrogen and oxygen atoms in total. The van der Waals surface area contributed by atoms with E-state index in [0.717, 1.165) is 20.4 Å². The lowest BCUT2D eigenvalue weighted by Gasteiger charge is -2.11. The zero-order valence-electron chi connectivity index (χ0n) is 20.2. The molecule has 40 heavy (non-hydrogen) atoms. The minimum Gasteiger partial charge on any atom is -0.506 e. The highest BCUT2D eigenvalue weighted by molar-refractivity contribution is 7.22. The number of nitrogens with zero attached hydrogens (tertiary/aromatic N) is 6. The van der Waals surface area contributed by atoms with E-state index < -0.39 is 0 Å². The number of thiazole rings is 2. The van der Waals surface area contributed by atoms with Gasteiger partial charge in [-0.25, -0.2) is 9.97 Å². The van der Waals surface area contributed by atoms with Crippen LogP contribution < -0.4 is 0 Å². The van der Waals surface area contributed by atoms with Crippen LogP contribution in [-0.2, 0) is 0 Å². The number of aromatic nitrogens is 2. The molecule has 0 saturated carbocycles. The number of fused-ring (bicyclic) bond motifs is 2. The maximum Gasteiger partial charge on any atom is 0.231 e. The van der Waals surface area contributed by atoms with E-state index in [9.17, 15) is 10.2 Å². The van der Waals surface area contributed by atoms with Crippen LogP contribution in [0.4, 0.5) is 21.6 Å². The van der Waals surface area contributed by atoms with Gasteiger partial charge in [-0.05, 0) is 59.7 Å². The van der Waals surface area contributed by atoms with Crippen molar-refractivity contribution in [1.29, 1.82) is 0 Å². The summed E-state index contributed by atoms with van der Waals surface area (Å²) < 4.78 is 1.94. The number of rotatable bonds is 6. The Kier molecular flexibility index (Phi) is 7.23. The average molecular weight is 604 g/mol. The van der Waals surface area contributed by atoms with Crippen LogP contribution in [0.1, 0.15) is 11.1 Å². The van der Waals surface area contributed by atoms with Crippen LogP contribution in [0.15, 0.2) is 110 Å². The molecule has 6 aromatic rings. The molecular formula is C28H16Cl2N6O2S2. The van der Waals surface area contributed by atoms with Gasteiger partial charge in [-0.2, -0.15) is 0 Å². The van der Waals surface area contributed by atoms with E-state index in [0.29, 0.717) is 27.0 Å². The van der Waals surface area contributed by atoms with Gasteiger partial charge in [-0.1, -0.05) is 82.3 Å². The van der Waals surface area contributed by atoms with Crippen molar-refractivity contribution in [2.24, 2.45) is 20.5 Å². The van der Waals surface area contributed by atoms with E-state index in [1.54, 1.807) is 24.3 Å². The molecule has 0 fully saturated rings. The molecule has 0 aliphatic carbocycles. The molecule has 196 valence electrons. The molecule has 0 radical (unpaired) electrons. The second-order valence-electron chi connectivity index (χ2n) is 8.37. The Balaban J connectivity index is 1.32. The summed E-state index contributed by atoms with van der Waals surface area (Å²) in [4.78, 5) is 8.88. The van der Waals surface area contributed by atoms with Gasteiger partial charge in [0.15, 0.2) is 0 Å². The van der Waals surface area contributed by atoms with Crippen LogP contribution in [0.3, 0.4) is 0 Å². The number of para-hydroxylation sites is 2. The molecule has 0 saturated heterocycles. The molecule has 12 heteroatoms. The Bertz CT molecular complexity index is 1780. The van der Waals surface area contributed by atoms with Crippen molar-refractivity contribution in [3.63, 3.8) is 0 Å². The summed E-state index contributed by atoms with van der Waals surface area (Å²) >= 11 is 15.4. The summed E-state index contributed by atoms with van der Waals surface area (Å²) in [5.41, 5.74) is 3.63. The zero-order valence-corrected chi connectivity index (χ0v) is 23.4. The van der Waals surface area contributed by atoms with Crippen LogP contribution in [0, 0.1) is 0 Å². The number of aromatic hydroxyl groups is 2.